The fourth-order valence-corrected chi connectivity index (χ4v) is 4.08. The average molecular weight is 505 g/mol. The number of aromatic nitrogens is 4. The van der Waals surface area contributed by atoms with Crippen LogP contribution in [0.3, 0.4) is 0 Å². The molecule has 9 heteroatoms. The molecule has 194 valence electrons. The number of carbonyl (C=O) groups is 1. The van der Waals surface area contributed by atoms with E-state index in [-0.39, 0.29) is 11.7 Å². The third kappa shape index (κ3) is 6.06. The van der Waals surface area contributed by atoms with Crippen molar-refractivity contribution in [2.45, 2.75) is 19.9 Å². The minimum atomic E-state index is -0.392. The van der Waals surface area contributed by atoms with Crippen LogP contribution in [0.25, 0.3) is 22.3 Å². The summed E-state index contributed by atoms with van der Waals surface area (Å²) in [6, 6.07) is 8.65. The van der Waals surface area contributed by atoms with E-state index in [1.165, 1.54) is 0 Å². The Kier molecular flexibility index (Phi) is 7.73. The maximum absolute atomic E-state index is 15.7. The Labute approximate surface area is 216 Å². The van der Waals surface area contributed by atoms with Gasteiger partial charge in [-0.2, -0.15) is 10.2 Å². The smallest absolute Gasteiger partial charge is 0.252 e. The molecule has 37 heavy (non-hydrogen) atoms. The van der Waals surface area contributed by atoms with Gasteiger partial charge in [0.05, 0.1) is 18.4 Å². The summed E-state index contributed by atoms with van der Waals surface area (Å²) in [5.74, 6) is 0.0599. The van der Waals surface area contributed by atoms with Crippen LogP contribution in [0.4, 0.5) is 4.39 Å². The Hall–Kier alpha value is -3.98. The van der Waals surface area contributed by atoms with E-state index in [4.69, 9.17) is 4.74 Å². The lowest BCUT2D eigenvalue weighted by Gasteiger charge is -2.19. The Morgan fingerprint density at radius 2 is 1.65 bits per heavy atom. The topological polar surface area (TPSA) is 77.2 Å². The van der Waals surface area contributed by atoms with Gasteiger partial charge in [-0.3, -0.25) is 14.2 Å². The molecule has 0 unspecified atom stereocenters. The van der Waals surface area contributed by atoms with Crippen molar-refractivity contribution in [3.05, 3.63) is 77.6 Å². The van der Waals surface area contributed by atoms with Gasteiger partial charge in [0.25, 0.3) is 5.91 Å². The maximum Gasteiger partial charge on any atom is 0.252 e. The summed E-state index contributed by atoms with van der Waals surface area (Å²) < 4.78 is 24.8. The largest absolute Gasteiger partial charge is 0.492 e. The van der Waals surface area contributed by atoms with Crippen molar-refractivity contribution < 1.29 is 13.9 Å². The zero-order chi connectivity index (χ0) is 26.7. The number of halogens is 1. The van der Waals surface area contributed by atoms with Crippen molar-refractivity contribution in [3.63, 3.8) is 0 Å². The first-order valence-electron chi connectivity index (χ1n) is 12.1. The van der Waals surface area contributed by atoms with Crippen LogP contribution in [0, 0.1) is 12.7 Å². The fraction of sp³-hybridized carbons (Fsp3) is 0.321. The first kappa shape index (κ1) is 26.1. The second kappa shape index (κ2) is 11.0. The van der Waals surface area contributed by atoms with Gasteiger partial charge in [0, 0.05) is 60.9 Å². The van der Waals surface area contributed by atoms with Crippen molar-refractivity contribution in [1.29, 1.82) is 0 Å². The zero-order valence-corrected chi connectivity index (χ0v) is 22.1. The molecule has 0 aliphatic heterocycles. The molecule has 8 nitrogen and oxygen atoms in total. The average Bonchev–Trinajstić information content (AvgIpc) is 3.48. The third-order valence-electron chi connectivity index (χ3n) is 6.24. The lowest BCUT2D eigenvalue weighted by Crippen LogP contribution is -2.27. The Morgan fingerprint density at radius 1 is 1.05 bits per heavy atom. The van der Waals surface area contributed by atoms with Gasteiger partial charge < -0.3 is 15.0 Å². The monoisotopic (exact) mass is 504 g/mol. The van der Waals surface area contributed by atoms with Crippen LogP contribution < -0.4 is 10.1 Å². The first-order valence-corrected chi connectivity index (χ1v) is 12.1. The van der Waals surface area contributed by atoms with Crippen molar-refractivity contribution in [2.24, 2.45) is 14.1 Å². The van der Waals surface area contributed by atoms with Crippen molar-refractivity contribution >= 4 is 5.91 Å². The third-order valence-corrected chi connectivity index (χ3v) is 6.24. The first-order chi connectivity index (χ1) is 17.6. The van der Waals surface area contributed by atoms with Crippen LogP contribution in [0.15, 0.2) is 55.1 Å². The Bertz CT molecular complexity index is 1350. The lowest BCUT2D eigenvalue weighted by molar-refractivity contribution is 0.0938. The van der Waals surface area contributed by atoms with E-state index < -0.39 is 6.04 Å². The molecule has 0 aliphatic carbocycles. The van der Waals surface area contributed by atoms with Crippen LogP contribution >= 0.6 is 0 Å². The minimum absolute atomic E-state index is 0.224. The number of benzene rings is 2. The van der Waals surface area contributed by atoms with Crippen molar-refractivity contribution in [2.75, 3.05) is 27.2 Å². The second-order valence-electron chi connectivity index (χ2n) is 9.56. The summed E-state index contributed by atoms with van der Waals surface area (Å²) in [7, 11) is 7.54. The SMILES string of the molecule is Cc1ccc(OCCN(C)C)cc1C(=O)N[C@H](C)c1cc(-c2cnn(C)c2)c(F)c(-c2cnn(C)c2)c1. The molecule has 2 aromatic carbocycles. The number of nitrogens with one attached hydrogen (secondary N) is 1. The van der Waals surface area contributed by atoms with Gasteiger partial charge in [-0.15, -0.1) is 0 Å². The minimum Gasteiger partial charge on any atom is -0.492 e. The molecule has 0 aliphatic rings. The Morgan fingerprint density at radius 3 is 2.16 bits per heavy atom. The number of amides is 1. The molecule has 1 amide bonds. The molecule has 0 fully saturated rings. The molecule has 0 saturated carbocycles. The molecule has 0 bridgehead atoms. The van der Waals surface area contributed by atoms with Gasteiger partial charge in [-0.1, -0.05) is 6.07 Å². The summed E-state index contributed by atoms with van der Waals surface area (Å²) in [4.78, 5) is 15.3. The van der Waals surface area contributed by atoms with Gasteiger partial charge in [-0.25, -0.2) is 4.39 Å². The summed E-state index contributed by atoms with van der Waals surface area (Å²) >= 11 is 0. The van der Waals surface area contributed by atoms with Crippen LogP contribution in [0.1, 0.15) is 34.5 Å². The number of carbonyl (C=O) groups excluding carboxylic acids is 1. The number of nitrogens with zero attached hydrogens (tertiary/aromatic N) is 5. The van der Waals surface area contributed by atoms with Crippen molar-refractivity contribution in [3.8, 4) is 28.0 Å². The molecular weight excluding hydrogens is 471 g/mol. The number of hydrogen-bond donors (Lipinski definition) is 1. The molecule has 0 saturated heterocycles. The van der Waals surface area contributed by atoms with Crippen LogP contribution in [-0.4, -0.2) is 57.6 Å². The van der Waals surface area contributed by atoms with E-state index >= 15 is 4.39 Å². The molecule has 0 radical (unpaired) electrons. The maximum atomic E-state index is 15.7. The number of hydrogen-bond acceptors (Lipinski definition) is 5. The number of rotatable bonds is 9. The molecule has 1 N–H and O–H groups in total. The molecular formula is C28H33FN6O2. The van der Waals surface area contributed by atoms with E-state index in [0.717, 1.165) is 17.7 Å². The summed E-state index contributed by atoms with van der Waals surface area (Å²) in [5.41, 5.74) is 4.29. The highest BCUT2D eigenvalue weighted by atomic mass is 19.1. The van der Waals surface area contributed by atoms with E-state index in [0.29, 0.717) is 40.2 Å². The van der Waals surface area contributed by atoms with Crippen LogP contribution in [-0.2, 0) is 14.1 Å². The van der Waals surface area contributed by atoms with Gasteiger partial charge in [-0.05, 0) is 63.3 Å². The van der Waals surface area contributed by atoms with Crippen LogP contribution in [0.2, 0.25) is 0 Å². The van der Waals surface area contributed by atoms with E-state index in [2.05, 4.69) is 15.5 Å². The van der Waals surface area contributed by atoms with E-state index in [1.807, 2.05) is 45.0 Å². The number of ether oxygens (including phenoxy) is 1. The molecule has 2 heterocycles. The molecule has 4 aromatic rings. The number of aryl methyl sites for hydroxylation is 3. The summed E-state index contributed by atoms with van der Waals surface area (Å²) in [6.07, 6.45) is 6.79. The normalized spacial score (nSPS) is 12.1. The Balaban J connectivity index is 1.64. The van der Waals surface area contributed by atoms with Gasteiger partial charge in [0.15, 0.2) is 0 Å². The molecule has 1 atom stereocenters. The standard InChI is InChI=1S/C28H33FN6O2/c1-18-7-8-23(37-10-9-33(3)4)13-24(18)28(36)32-19(2)20-11-25(21-14-30-34(5)16-21)27(29)26(12-20)22-15-31-35(6)17-22/h7-8,11-17,19H,9-10H2,1-6H3,(H,32,36)/t19-/m1/s1. The highest BCUT2D eigenvalue weighted by Gasteiger charge is 2.21. The predicted octanol–water partition coefficient (Wildman–Crippen LogP) is 4.37. The highest BCUT2D eigenvalue weighted by Crippen LogP contribution is 2.34. The summed E-state index contributed by atoms with van der Waals surface area (Å²) in [6.45, 7) is 5.08. The second-order valence-corrected chi connectivity index (χ2v) is 9.56. The van der Waals surface area contributed by atoms with E-state index in [1.54, 1.807) is 66.4 Å². The number of likely N-dealkylation sites (N-methyl/N-ethyl adjacent to an activating group) is 1. The quantitative estimate of drug-likeness (QED) is 0.366. The predicted molar refractivity (Wildman–Crippen MR) is 142 cm³/mol. The fourth-order valence-electron chi connectivity index (χ4n) is 4.08. The van der Waals surface area contributed by atoms with Gasteiger partial charge in [0.2, 0.25) is 0 Å². The molecule has 2 aromatic heterocycles. The van der Waals surface area contributed by atoms with Crippen molar-refractivity contribution in [1.82, 2.24) is 29.8 Å². The van der Waals surface area contributed by atoms with Gasteiger partial charge in [0.1, 0.15) is 18.2 Å². The molecule has 0 spiro atoms. The van der Waals surface area contributed by atoms with Gasteiger partial charge >= 0.3 is 0 Å². The van der Waals surface area contributed by atoms with E-state index in [9.17, 15) is 4.79 Å². The zero-order valence-electron chi connectivity index (χ0n) is 22.1. The van der Waals surface area contributed by atoms with Crippen LogP contribution in [0.5, 0.6) is 5.75 Å². The lowest BCUT2D eigenvalue weighted by atomic mass is 9.95. The highest BCUT2D eigenvalue weighted by molar-refractivity contribution is 5.96. The molecule has 4 rings (SSSR count). The summed E-state index contributed by atoms with van der Waals surface area (Å²) in [5, 5.41) is 11.5.